The Bertz CT molecular complexity index is 632. The van der Waals surface area contributed by atoms with Crippen LogP contribution in [0.2, 0.25) is 0 Å². The first-order chi connectivity index (χ1) is 10.2. The molecule has 1 aromatic heterocycles. The van der Waals surface area contributed by atoms with Gasteiger partial charge in [0.05, 0.1) is 13.6 Å². The molecular formula is C15H15Br2NO2S. The van der Waals surface area contributed by atoms with Gasteiger partial charge < -0.3 is 14.8 Å². The van der Waals surface area contributed by atoms with Crippen molar-refractivity contribution in [2.24, 2.45) is 0 Å². The summed E-state index contributed by atoms with van der Waals surface area (Å²) in [5.74, 6) is 1.62. The zero-order chi connectivity index (χ0) is 14.8. The van der Waals surface area contributed by atoms with E-state index in [1.807, 2.05) is 24.3 Å². The lowest BCUT2D eigenvalue weighted by atomic mass is 10.0. The predicted octanol–water partition coefficient (Wildman–Crippen LogP) is 4.76. The highest BCUT2D eigenvalue weighted by Gasteiger charge is 2.31. The van der Waals surface area contributed by atoms with Gasteiger partial charge in [-0.15, -0.1) is 11.3 Å². The minimum absolute atomic E-state index is 0.0577. The van der Waals surface area contributed by atoms with Gasteiger partial charge in [-0.3, -0.25) is 0 Å². The standard InChI is InChI=1S/C15H15Br2NO2S/c1-2-18-14(9-7-13(16)21-15(9)17)12-8-19-10-5-3-4-6-11(10)20-12/h3-7,12,14,18H,2,8H2,1H3. The van der Waals surface area contributed by atoms with Gasteiger partial charge in [-0.25, -0.2) is 0 Å². The SMILES string of the molecule is CCNC(c1cc(Br)sc1Br)C1COc2ccccc2O1. The molecule has 3 nitrogen and oxygen atoms in total. The molecule has 0 spiro atoms. The van der Waals surface area contributed by atoms with E-state index in [0.717, 1.165) is 25.6 Å². The molecule has 2 heterocycles. The molecule has 2 atom stereocenters. The van der Waals surface area contributed by atoms with Crippen LogP contribution in [0.1, 0.15) is 18.5 Å². The number of likely N-dealkylation sites (N-methyl/N-ethyl adjacent to an activating group) is 1. The lowest BCUT2D eigenvalue weighted by Gasteiger charge is -2.32. The van der Waals surface area contributed by atoms with Gasteiger partial charge in [0.1, 0.15) is 6.61 Å². The maximum atomic E-state index is 6.15. The summed E-state index contributed by atoms with van der Waals surface area (Å²) in [6.07, 6.45) is -0.0577. The van der Waals surface area contributed by atoms with Gasteiger partial charge in [-0.2, -0.15) is 0 Å². The van der Waals surface area contributed by atoms with Gasteiger partial charge in [0.15, 0.2) is 17.6 Å². The molecule has 0 saturated heterocycles. The Kier molecular flexibility index (Phi) is 4.88. The Morgan fingerprint density at radius 3 is 2.76 bits per heavy atom. The molecule has 1 aliphatic heterocycles. The molecule has 0 amide bonds. The first-order valence-electron chi connectivity index (χ1n) is 6.75. The molecule has 3 rings (SSSR count). The molecule has 1 aromatic carbocycles. The van der Waals surface area contributed by atoms with Crippen LogP contribution in [-0.2, 0) is 0 Å². The van der Waals surface area contributed by atoms with E-state index in [1.54, 1.807) is 11.3 Å². The van der Waals surface area contributed by atoms with Gasteiger partial charge in [-0.05, 0) is 62.2 Å². The fourth-order valence-electron chi connectivity index (χ4n) is 2.43. The van der Waals surface area contributed by atoms with E-state index >= 15 is 0 Å². The van der Waals surface area contributed by atoms with Gasteiger partial charge in [-0.1, -0.05) is 19.1 Å². The van der Waals surface area contributed by atoms with Crippen molar-refractivity contribution in [1.29, 1.82) is 0 Å². The van der Waals surface area contributed by atoms with E-state index < -0.39 is 0 Å². The molecule has 2 aromatic rings. The van der Waals surface area contributed by atoms with Crippen molar-refractivity contribution < 1.29 is 9.47 Å². The van der Waals surface area contributed by atoms with E-state index in [0.29, 0.717) is 6.61 Å². The summed E-state index contributed by atoms with van der Waals surface area (Å²) in [4.78, 5) is 0. The lowest BCUT2D eigenvalue weighted by molar-refractivity contribution is 0.0621. The number of fused-ring (bicyclic) bond motifs is 1. The van der Waals surface area contributed by atoms with Crippen molar-refractivity contribution >= 4 is 43.2 Å². The number of thiophene rings is 1. The minimum Gasteiger partial charge on any atom is -0.486 e. The summed E-state index contributed by atoms with van der Waals surface area (Å²) in [6, 6.07) is 10.0. The third-order valence-electron chi connectivity index (χ3n) is 3.34. The van der Waals surface area contributed by atoms with Gasteiger partial charge in [0, 0.05) is 0 Å². The molecular weight excluding hydrogens is 418 g/mol. The van der Waals surface area contributed by atoms with Crippen molar-refractivity contribution in [3.8, 4) is 11.5 Å². The van der Waals surface area contributed by atoms with Crippen LogP contribution >= 0.6 is 43.2 Å². The van der Waals surface area contributed by atoms with Crippen LogP contribution < -0.4 is 14.8 Å². The van der Waals surface area contributed by atoms with Crippen LogP contribution in [0.25, 0.3) is 0 Å². The second-order valence-electron chi connectivity index (χ2n) is 4.73. The third-order valence-corrected chi connectivity index (χ3v) is 5.73. The maximum Gasteiger partial charge on any atom is 0.161 e. The number of hydrogen-bond acceptors (Lipinski definition) is 4. The Labute approximate surface area is 144 Å². The molecule has 112 valence electrons. The van der Waals surface area contributed by atoms with Crippen LogP contribution in [0.15, 0.2) is 37.9 Å². The van der Waals surface area contributed by atoms with Gasteiger partial charge >= 0.3 is 0 Å². The molecule has 6 heteroatoms. The molecule has 0 radical (unpaired) electrons. The number of ether oxygens (including phenoxy) is 2. The molecule has 0 fully saturated rings. The monoisotopic (exact) mass is 431 g/mol. The van der Waals surface area contributed by atoms with E-state index in [1.165, 1.54) is 5.56 Å². The van der Waals surface area contributed by atoms with Crippen molar-refractivity contribution in [2.75, 3.05) is 13.2 Å². The van der Waals surface area contributed by atoms with E-state index in [9.17, 15) is 0 Å². The molecule has 1 N–H and O–H groups in total. The Balaban J connectivity index is 1.87. The molecule has 0 saturated carbocycles. The Morgan fingerprint density at radius 2 is 2.10 bits per heavy atom. The lowest BCUT2D eigenvalue weighted by Crippen LogP contribution is -2.41. The first-order valence-corrected chi connectivity index (χ1v) is 9.16. The van der Waals surface area contributed by atoms with Crippen molar-refractivity contribution in [2.45, 2.75) is 19.1 Å². The number of nitrogens with one attached hydrogen (secondary N) is 1. The smallest absolute Gasteiger partial charge is 0.161 e. The summed E-state index contributed by atoms with van der Waals surface area (Å²) < 4.78 is 14.2. The quantitative estimate of drug-likeness (QED) is 0.755. The van der Waals surface area contributed by atoms with Crippen LogP contribution in [0.5, 0.6) is 11.5 Å². The largest absolute Gasteiger partial charge is 0.486 e. The topological polar surface area (TPSA) is 30.5 Å². The summed E-state index contributed by atoms with van der Waals surface area (Å²) in [6.45, 7) is 3.50. The van der Waals surface area contributed by atoms with Crippen LogP contribution in [0.4, 0.5) is 0 Å². The summed E-state index contributed by atoms with van der Waals surface area (Å²) in [5.41, 5.74) is 1.20. The van der Waals surface area contributed by atoms with Crippen LogP contribution in [-0.4, -0.2) is 19.3 Å². The highest BCUT2D eigenvalue weighted by Crippen LogP contribution is 2.40. The second kappa shape index (κ2) is 6.69. The van der Waals surface area contributed by atoms with Crippen molar-refractivity contribution in [3.63, 3.8) is 0 Å². The van der Waals surface area contributed by atoms with Crippen molar-refractivity contribution in [1.82, 2.24) is 5.32 Å². The number of benzene rings is 1. The average Bonchev–Trinajstić information content (AvgIpc) is 2.83. The number of halogens is 2. The zero-order valence-electron chi connectivity index (χ0n) is 11.4. The number of para-hydroxylation sites is 2. The highest BCUT2D eigenvalue weighted by molar-refractivity contribution is 9.12. The van der Waals surface area contributed by atoms with Crippen LogP contribution in [0, 0.1) is 0 Å². The first kappa shape index (κ1) is 15.3. The predicted molar refractivity (Wildman–Crippen MR) is 92.5 cm³/mol. The van der Waals surface area contributed by atoms with Gasteiger partial charge in [0.25, 0.3) is 0 Å². The number of rotatable bonds is 4. The second-order valence-corrected chi connectivity index (χ2v) is 8.48. The van der Waals surface area contributed by atoms with E-state index in [4.69, 9.17) is 9.47 Å². The van der Waals surface area contributed by atoms with E-state index in [2.05, 4.69) is 50.2 Å². The molecule has 0 bridgehead atoms. The normalized spacial score (nSPS) is 18.5. The zero-order valence-corrected chi connectivity index (χ0v) is 15.4. The Morgan fingerprint density at radius 1 is 1.33 bits per heavy atom. The van der Waals surface area contributed by atoms with Gasteiger partial charge in [0.2, 0.25) is 0 Å². The summed E-state index contributed by atoms with van der Waals surface area (Å²) in [7, 11) is 0. The number of hydrogen-bond donors (Lipinski definition) is 1. The maximum absolute atomic E-state index is 6.15. The van der Waals surface area contributed by atoms with Crippen LogP contribution in [0.3, 0.4) is 0 Å². The van der Waals surface area contributed by atoms with Crippen molar-refractivity contribution in [3.05, 3.63) is 43.5 Å². The molecule has 0 aliphatic carbocycles. The van der Waals surface area contributed by atoms with E-state index in [-0.39, 0.29) is 12.1 Å². The summed E-state index contributed by atoms with van der Waals surface area (Å²) >= 11 is 8.85. The molecule has 2 unspecified atom stereocenters. The molecule has 1 aliphatic rings. The highest BCUT2D eigenvalue weighted by atomic mass is 79.9. The average molecular weight is 433 g/mol. The molecule has 21 heavy (non-hydrogen) atoms. The minimum atomic E-state index is -0.0577. The fraction of sp³-hybridized carbons (Fsp3) is 0.333. The third kappa shape index (κ3) is 3.28. The Hall–Kier alpha value is -0.560. The summed E-state index contributed by atoms with van der Waals surface area (Å²) in [5, 5.41) is 3.50. The fourth-order valence-corrected chi connectivity index (χ4v) is 5.36.